The van der Waals surface area contributed by atoms with Gasteiger partial charge in [-0.15, -0.1) is 0 Å². The van der Waals surface area contributed by atoms with Gasteiger partial charge in [-0.1, -0.05) is 39.0 Å². The van der Waals surface area contributed by atoms with Gasteiger partial charge in [-0.3, -0.25) is 0 Å². The predicted octanol–water partition coefficient (Wildman–Crippen LogP) is 2.79. The Bertz CT molecular complexity index is 169. The number of ether oxygens (including phenoxy) is 4. The average Bonchev–Trinajstić information content (AvgIpc) is 3.31. The maximum absolute atomic E-state index is 7.57. The summed E-state index contributed by atoms with van der Waals surface area (Å²) in [6.07, 6.45) is 8.93. The molecule has 0 aliphatic carbocycles. The van der Waals surface area contributed by atoms with Gasteiger partial charge in [0.25, 0.3) is 0 Å². The van der Waals surface area contributed by atoms with Crippen LogP contribution < -0.4 is 0 Å². The van der Waals surface area contributed by atoms with E-state index >= 15 is 0 Å². The highest BCUT2D eigenvalue weighted by Gasteiger charge is 2.20. The van der Waals surface area contributed by atoms with E-state index in [1.165, 1.54) is 38.5 Å². The van der Waals surface area contributed by atoms with E-state index in [9.17, 15) is 0 Å². The first-order chi connectivity index (χ1) is 10.8. The Morgan fingerprint density at radius 3 is 1.41 bits per heavy atom. The van der Waals surface area contributed by atoms with Gasteiger partial charge in [0, 0.05) is 6.61 Å². The van der Waals surface area contributed by atoms with Crippen LogP contribution in [0.2, 0.25) is 0 Å². The van der Waals surface area contributed by atoms with Crippen molar-refractivity contribution in [3.63, 3.8) is 0 Å². The molecule has 0 aromatic rings. The van der Waals surface area contributed by atoms with Gasteiger partial charge in [-0.05, 0) is 13.3 Å². The second-order valence-electron chi connectivity index (χ2n) is 5.31. The third-order valence-corrected chi connectivity index (χ3v) is 2.64. The predicted molar refractivity (Wildman–Crippen MR) is 88.3 cm³/mol. The molecule has 5 heteroatoms. The number of aliphatic hydroxyl groups excluding tert-OH is 1. The van der Waals surface area contributed by atoms with Gasteiger partial charge in [0.05, 0.1) is 52.4 Å². The van der Waals surface area contributed by atoms with Crippen molar-refractivity contribution >= 4 is 0 Å². The minimum absolute atomic E-state index is 0.250. The van der Waals surface area contributed by atoms with Gasteiger partial charge < -0.3 is 24.1 Å². The molecule has 4 saturated heterocycles. The van der Waals surface area contributed by atoms with Crippen LogP contribution in [-0.4, -0.2) is 64.1 Å². The van der Waals surface area contributed by atoms with Crippen molar-refractivity contribution in [2.75, 3.05) is 52.9 Å². The lowest BCUT2D eigenvalue weighted by molar-refractivity contribution is 0.318. The molecule has 1 atom stereocenters. The Morgan fingerprint density at radius 1 is 0.773 bits per heavy atom. The van der Waals surface area contributed by atoms with Crippen molar-refractivity contribution in [3.05, 3.63) is 0 Å². The normalized spacial score (nSPS) is 21.1. The topological polar surface area (TPSA) is 70.3 Å². The van der Waals surface area contributed by atoms with Gasteiger partial charge >= 0.3 is 0 Å². The largest absolute Gasteiger partial charge is 0.397 e. The maximum Gasteiger partial charge on any atom is 0.0810 e. The minimum atomic E-state index is 0.250. The molecule has 4 aliphatic heterocycles. The first kappa shape index (κ1) is 21.8. The lowest BCUT2D eigenvalue weighted by Crippen LogP contribution is -1.84. The highest BCUT2D eigenvalue weighted by atomic mass is 16.6. The molecule has 4 fully saturated rings. The summed E-state index contributed by atoms with van der Waals surface area (Å²) in [5, 5.41) is 7.57. The molecule has 5 nitrogen and oxygen atoms in total. The van der Waals surface area contributed by atoms with Gasteiger partial charge in [0.1, 0.15) is 0 Å². The number of unbranched alkanes of at least 4 members (excludes halogenated alkanes) is 4. The van der Waals surface area contributed by atoms with Crippen LogP contribution in [0.5, 0.6) is 0 Å². The highest BCUT2D eigenvalue weighted by molar-refractivity contribution is 4.67. The van der Waals surface area contributed by atoms with E-state index in [0.717, 1.165) is 46.2 Å². The fraction of sp³-hybridized carbons (Fsp3) is 1.00. The summed E-state index contributed by atoms with van der Waals surface area (Å²) in [6, 6.07) is 0. The van der Waals surface area contributed by atoms with Crippen molar-refractivity contribution < 1.29 is 24.1 Å². The average molecular weight is 320 g/mol. The lowest BCUT2D eigenvalue weighted by atomic mass is 10.1. The zero-order valence-corrected chi connectivity index (χ0v) is 14.6. The molecule has 1 N–H and O–H groups in total. The number of aliphatic hydroxyl groups is 1. The number of hydrogen-bond acceptors (Lipinski definition) is 5. The number of hydrogen-bond donors (Lipinski definition) is 1. The van der Waals surface area contributed by atoms with Crippen LogP contribution in [0.4, 0.5) is 0 Å². The zero-order chi connectivity index (χ0) is 16.3. The summed E-state index contributed by atoms with van der Waals surface area (Å²) >= 11 is 0. The van der Waals surface area contributed by atoms with Crippen molar-refractivity contribution in [3.8, 4) is 0 Å². The molecule has 0 aromatic heterocycles. The van der Waals surface area contributed by atoms with E-state index in [-0.39, 0.29) is 6.61 Å². The fourth-order valence-corrected chi connectivity index (χ4v) is 1.21. The Hall–Kier alpha value is -0.200. The summed E-state index contributed by atoms with van der Waals surface area (Å²) in [6.45, 7) is 11.2. The number of rotatable bonds is 6. The van der Waals surface area contributed by atoms with Crippen LogP contribution >= 0.6 is 0 Å². The molecular formula is C17H36O5. The summed E-state index contributed by atoms with van der Waals surface area (Å²) in [4.78, 5) is 0. The maximum atomic E-state index is 7.57. The molecule has 0 amide bonds. The van der Waals surface area contributed by atoms with Gasteiger partial charge in [0.2, 0.25) is 0 Å². The van der Waals surface area contributed by atoms with E-state index in [4.69, 9.17) is 9.84 Å². The first-order valence-electron chi connectivity index (χ1n) is 8.80. The molecule has 0 saturated carbocycles. The Morgan fingerprint density at radius 2 is 1.14 bits per heavy atom. The van der Waals surface area contributed by atoms with Crippen LogP contribution in [0.3, 0.4) is 0 Å². The quantitative estimate of drug-likeness (QED) is 0.602. The molecular weight excluding hydrogens is 284 g/mol. The van der Waals surface area contributed by atoms with E-state index < -0.39 is 0 Å². The minimum Gasteiger partial charge on any atom is -0.397 e. The zero-order valence-electron chi connectivity index (χ0n) is 14.6. The Kier molecular flexibility index (Phi) is 18.7. The van der Waals surface area contributed by atoms with Crippen LogP contribution in [0, 0.1) is 0 Å². The molecule has 134 valence electrons. The smallest absolute Gasteiger partial charge is 0.0810 e. The molecule has 0 spiro atoms. The Labute approximate surface area is 136 Å². The molecule has 4 heterocycles. The third kappa shape index (κ3) is 42.7. The van der Waals surface area contributed by atoms with Gasteiger partial charge in [-0.25, -0.2) is 0 Å². The van der Waals surface area contributed by atoms with Crippen molar-refractivity contribution in [2.45, 2.75) is 58.5 Å². The van der Waals surface area contributed by atoms with E-state index in [1.54, 1.807) is 6.92 Å². The second kappa shape index (κ2) is 18.8. The van der Waals surface area contributed by atoms with Crippen LogP contribution in [0.25, 0.3) is 0 Å². The second-order valence-corrected chi connectivity index (χ2v) is 5.31. The third-order valence-electron chi connectivity index (χ3n) is 2.64. The Balaban J connectivity index is 0.000000297. The van der Waals surface area contributed by atoms with E-state index in [0.29, 0.717) is 6.10 Å². The van der Waals surface area contributed by atoms with Gasteiger partial charge in [-0.2, -0.15) is 0 Å². The molecule has 0 aromatic carbocycles. The molecule has 1 unspecified atom stereocenters. The molecule has 4 aliphatic rings. The summed E-state index contributed by atoms with van der Waals surface area (Å²) in [5.74, 6) is 0. The summed E-state index contributed by atoms with van der Waals surface area (Å²) < 4.78 is 18.6. The standard InChI is InChI=1S/C9H18O.3C2H4O.C2H6O/c1-2-3-4-5-6-7-9-8-10-9;3*1-2-3-1;1-2-3/h9H,2-8H2,1H3;3*1-2H2;3H,2H2,1H3. The van der Waals surface area contributed by atoms with Gasteiger partial charge in [0.15, 0.2) is 0 Å². The van der Waals surface area contributed by atoms with Crippen LogP contribution in [-0.2, 0) is 18.9 Å². The lowest BCUT2D eigenvalue weighted by Gasteiger charge is -1.96. The molecule has 4 rings (SSSR count). The van der Waals surface area contributed by atoms with Crippen molar-refractivity contribution in [1.82, 2.24) is 0 Å². The fourth-order valence-electron chi connectivity index (χ4n) is 1.21. The first-order valence-corrected chi connectivity index (χ1v) is 8.80. The van der Waals surface area contributed by atoms with E-state index in [1.807, 2.05) is 0 Å². The summed E-state index contributed by atoms with van der Waals surface area (Å²) in [7, 11) is 0. The van der Waals surface area contributed by atoms with Crippen molar-refractivity contribution in [1.29, 1.82) is 0 Å². The van der Waals surface area contributed by atoms with E-state index in [2.05, 4.69) is 21.1 Å². The van der Waals surface area contributed by atoms with Crippen molar-refractivity contribution in [2.24, 2.45) is 0 Å². The van der Waals surface area contributed by atoms with Crippen LogP contribution in [0.1, 0.15) is 52.4 Å². The van der Waals surface area contributed by atoms with Crippen LogP contribution in [0.15, 0.2) is 0 Å². The number of epoxide rings is 4. The monoisotopic (exact) mass is 320 g/mol. The SMILES string of the molecule is C1CO1.C1CO1.C1CO1.CCCCCCCC1CO1.CCO. The summed E-state index contributed by atoms with van der Waals surface area (Å²) in [5.41, 5.74) is 0. The molecule has 0 bridgehead atoms. The molecule has 22 heavy (non-hydrogen) atoms. The molecule has 0 radical (unpaired) electrons. The highest BCUT2D eigenvalue weighted by Crippen LogP contribution is 2.17.